The number of likely N-dealkylation sites (tertiary alicyclic amines) is 1. The summed E-state index contributed by atoms with van der Waals surface area (Å²) in [6.07, 6.45) is 10.1. The maximum Gasteiger partial charge on any atom is 0.274 e. The number of hydrogen-bond acceptors (Lipinski definition) is 5. The Balaban J connectivity index is 1.59. The Morgan fingerprint density at radius 3 is 2.77 bits per heavy atom. The second kappa shape index (κ2) is 9.24. The molecule has 0 N–H and O–H groups in total. The van der Waals surface area contributed by atoms with Crippen LogP contribution in [0.4, 0.5) is 0 Å². The molecule has 0 aliphatic carbocycles. The van der Waals surface area contributed by atoms with E-state index in [0.29, 0.717) is 12.2 Å². The van der Waals surface area contributed by atoms with Gasteiger partial charge in [-0.1, -0.05) is 24.6 Å². The molecule has 158 valence electrons. The topological polar surface area (TPSA) is 75.6 Å². The van der Waals surface area contributed by atoms with E-state index in [1.54, 1.807) is 17.3 Å². The number of hydrogen-bond donors (Lipinski definition) is 0. The quantitative estimate of drug-likeness (QED) is 0.725. The molecule has 2 amide bonds. The number of carbonyl (C=O) groups is 2. The highest BCUT2D eigenvalue weighted by Gasteiger charge is 2.38. The summed E-state index contributed by atoms with van der Waals surface area (Å²) in [5, 5.41) is 0. The summed E-state index contributed by atoms with van der Waals surface area (Å²) in [6, 6.07) is 7.87. The van der Waals surface area contributed by atoms with E-state index < -0.39 is 0 Å². The molecule has 7 heteroatoms. The van der Waals surface area contributed by atoms with Crippen LogP contribution in [-0.4, -0.2) is 63.9 Å². The van der Waals surface area contributed by atoms with Gasteiger partial charge in [-0.15, -0.1) is 0 Å². The van der Waals surface area contributed by atoms with Gasteiger partial charge in [-0.05, 0) is 43.7 Å². The summed E-state index contributed by atoms with van der Waals surface area (Å²) in [4.78, 5) is 38.0. The lowest BCUT2D eigenvalue weighted by atomic mass is 9.89. The fraction of sp³-hybridized carbons (Fsp3) is 0.478. The van der Waals surface area contributed by atoms with Gasteiger partial charge in [-0.3, -0.25) is 14.6 Å². The molecule has 2 aliphatic heterocycles. The molecular formula is C23H28N4O3. The minimum Gasteiger partial charge on any atom is -0.483 e. The molecule has 7 nitrogen and oxygen atoms in total. The van der Waals surface area contributed by atoms with Crippen molar-refractivity contribution in [3.05, 3.63) is 54.1 Å². The first-order valence-corrected chi connectivity index (χ1v) is 10.7. The van der Waals surface area contributed by atoms with Gasteiger partial charge in [-0.25, -0.2) is 4.98 Å². The molecule has 0 bridgehead atoms. The zero-order valence-electron chi connectivity index (χ0n) is 17.4. The Hall–Kier alpha value is -2.96. The highest BCUT2D eigenvalue weighted by atomic mass is 16.5. The number of aromatic nitrogens is 2. The van der Waals surface area contributed by atoms with E-state index in [0.717, 1.165) is 49.8 Å². The number of rotatable bonds is 1. The number of aryl methyl sites for hydroxylation is 1. The molecule has 0 saturated carbocycles. The standard InChI is InChI=1S/C23H28N4O3/c1-26-19-10-6-14-27(23(29)18-15-24-12-13-25-18)20(19)9-4-2-7-17-8-3-5-11-21(17)30-16-22(26)28/h3,5,8,11-13,15,19-20H,2,4,6-7,9-10,14,16H2,1H3/t19-,20-/m1/s1. The Morgan fingerprint density at radius 2 is 1.93 bits per heavy atom. The lowest BCUT2D eigenvalue weighted by molar-refractivity contribution is -0.136. The molecule has 0 radical (unpaired) electrons. The normalized spacial score (nSPS) is 22.8. The molecule has 2 aliphatic rings. The molecule has 1 aromatic carbocycles. The molecule has 30 heavy (non-hydrogen) atoms. The third-order valence-electron chi connectivity index (χ3n) is 6.20. The van der Waals surface area contributed by atoms with Crippen molar-refractivity contribution >= 4 is 11.8 Å². The van der Waals surface area contributed by atoms with Crippen LogP contribution < -0.4 is 4.74 Å². The van der Waals surface area contributed by atoms with Gasteiger partial charge in [0.1, 0.15) is 11.4 Å². The van der Waals surface area contributed by atoms with Crippen LogP contribution >= 0.6 is 0 Å². The van der Waals surface area contributed by atoms with E-state index in [2.05, 4.69) is 16.0 Å². The van der Waals surface area contributed by atoms with Crippen LogP contribution in [0, 0.1) is 0 Å². The average Bonchev–Trinajstić information content (AvgIpc) is 2.79. The minimum absolute atomic E-state index is 0.00877. The van der Waals surface area contributed by atoms with E-state index in [1.165, 1.54) is 6.20 Å². The maximum absolute atomic E-state index is 13.2. The first-order valence-electron chi connectivity index (χ1n) is 10.7. The van der Waals surface area contributed by atoms with Gasteiger partial charge in [0, 0.05) is 26.0 Å². The summed E-state index contributed by atoms with van der Waals surface area (Å²) >= 11 is 0. The van der Waals surface area contributed by atoms with Crippen LogP contribution in [0.2, 0.25) is 0 Å². The number of piperidine rings is 1. The zero-order valence-corrected chi connectivity index (χ0v) is 17.4. The molecule has 1 fully saturated rings. The summed E-state index contributed by atoms with van der Waals surface area (Å²) in [7, 11) is 1.83. The number of likely N-dealkylation sites (N-methyl/N-ethyl adjacent to an activating group) is 1. The molecule has 1 saturated heterocycles. The summed E-state index contributed by atoms with van der Waals surface area (Å²) in [6.45, 7) is 0.687. The number of benzene rings is 1. The molecule has 0 spiro atoms. The zero-order chi connectivity index (χ0) is 20.9. The van der Waals surface area contributed by atoms with E-state index in [9.17, 15) is 9.59 Å². The van der Waals surface area contributed by atoms with Crippen molar-refractivity contribution < 1.29 is 14.3 Å². The number of para-hydroxylation sites is 1. The van der Waals surface area contributed by atoms with Crippen LogP contribution in [0.15, 0.2) is 42.9 Å². The van der Waals surface area contributed by atoms with E-state index in [4.69, 9.17) is 4.74 Å². The third kappa shape index (κ3) is 4.30. The summed E-state index contributed by atoms with van der Waals surface area (Å²) in [5.74, 6) is 0.626. The van der Waals surface area contributed by atoms with Crippen molar-refractivity contribution in [2.75, 3.05) is 20.2 Å². The van der Waals surface area contributed by atoms with E-state index in [1.807, 2.05) is 30.1 Å². The monoisotopic (exact) mass is 408 g/mol. The molecule has 3 heterocycles. The van der Waals surface area contributed by atoms with Gasteiger partial charge in [0.25, 0.3) is 11.8 Å². The Morgan fingerprint density at radius 1 is 1.10 bits per heavy atom. The lowest BCUT2D eigenvalue weighted by Crippen LogP contribution is -2.58. The minimum atomic E-state index is -0.104. The van der Waals surface area contributed by atoms with Crippen LogP contribution in [0.25, 0.3) is 0 Å². The Kier molecular flexibility index (Phi) is 6.26. The van der Waals surface area contributed by atoms with Gasteiger partial charge < -0.3 is 14.5 Å². The van der Waals surface area contributed by atoms with Crippen molar-refractivity contribution in [1.29, 1.82) is 0 Å². The molecule has 1 aromatic heterocycles. The van der Waals surface area contributed by atoms with Crippen LogP contribution in [0.3, 0.4) is 0 Å². The Labute approximate surface area is 177 Å². The second-order valence-corrected chi connectivity index (χ2v) is 8.01. The van der Waals surface area contributed by atoms with Crippen molar-refractivity contribution in [3.63, 3.8) is 0 Å². The highest BCUT2D eigenvalue weighted by Crippen LogP contribution is 2.29. The van der Waals surface area contributed by atoms with E-state index in [-0.39, 0.29) is 30.5 Å². The maximum atomic E-state index is 13.2. The number of carbonyl (C=O) groups excluding carboxylic acids is 2. The van der Waals surface area contributed by atoms with Crippen LogP contribution in [-0.2, 0) is 11.2 Å². The summed E-state index contributed by atoms with van der Waals surface area (Å²) in [5.41, 5.74) is 1.48. The van der Waals surface area contributed by atoms with Crippen molar-refractivity contribution in [1.82, 2.24) is 19.8 Å². The van der Waals surface area contributed by atoms with E-state index >= 15 is 0 Å². The molecule has 2 aromatic rings. The number of fused-ring (bicyclic) bond motifs is 2. The fourth-order valence-corrected chi connectivity index (χ4v) is 4.59. The molecule has 2 atom stereocenters. The molecule has 0 unspecified atom stereocenters. The average molecular weight is 409 g/mol. The Bertz CT molecular complexity index is 889. The fourth-order valence-electron chi connectivity index (χ4n) is 4.59. The predicted octanol–water partition coefficient (Wildman–Crippen LogP) is 2.71. The van der Waals surface area contributed by atoms with Gasteiger partial charge in [0.2, 0.25) is 0 Å². The predicted molar refractivity (Wildman–Crippen MR) is 112 cm³/mol. The van der Waals surface area contributed by atoms with Crippen molar-refractivity contribution in [2.24, 2.45) is 0 Å². The van der Waals surface area contributed by atoms with Gasteiger partial charge in [-0.2, -0.15) is 0 Å². The van der Waals surface area contributed by atoms with Crippen LogP contribution in [0.1, 0.15) is 48.2 Å². The first-order chi connectivity index (χ1) is 14.6. The smallest absolute Gasteiger partial charge is 0.274 e. The van der Waals surface area contributed by atoms with Crippen molar-refractivity contribution in [3.8, 4) is 5.75 Å². The summed E-state index contributed by atoms with van der Waals surface area (Å²) < 4.78 is 5.88. The third-order valence-corrected chi connectivity index (χ3v) is 6.20. The highest BCUT2D eigenvalue weighted by molar-refractivity contribution is 5.92. The number of ether oxygens (including phenoxy) is 1. The second-order valence-electron chi connectivity index (χ2n) is 8.01. The number of nitrogens with zero attached hydrogens (tertiary/aromatic N) is 4. The van der Waals surface area contributed by atoms with Gasteiger partial charge in [0.15, 0.2) is 6.61 Å². The van der Waals surface area contributed by atoms with Gasteiger partial charge in [0.05, 0.1) is 18.3 Å². The van der Waals surface area contributed by atoms with Gasteiger partial charge >= 0.3 is 0 Å². The van der Waals surface area contributed by atoms with Crippen molar-refractivity contribution in [2.45, 2.75) is 50.6 Å². The molecular weight excluding hydrogens is 380 g/mol. The SMILES string of the molecule is CN1C(=O)COc2ccccc2CCCC[C@@H]2[C@H]1CCCN2C(=O)c1cnccn1. The largest absolute Gasteiger partial charge is 0.483 e. The first kappa shape index (κ1) is 20.3. The lowest BCUT2D eigenvalue weighted by Gasteiger charge is -2.45. The van der Waals surface area contributed by atoms with Crippen LogP contribution in [0.5, 0.6) is 5.75 Å². The molecule has 4 rings (SSSR count). The number of amides is 2.